The molecule has 2 heterocycles. The first-order valence-corrected chi connectivity index (χ1v) is 6.78. The summed E-state index contributed by atoms with van der Waals surface area (Å²) < 4.78 is 0. The summed E-state index contributed by atoms with van der Waals surface area (Å²) in [5, 5.41) is 21.9. The van der Waals surface area contributed by atoms with E-state index in [4.69, 9.17) is 9.94 Å². The summed E-state index contributed by atoms with van der Waals surface area (Å²) in [6, 6.07) is -1.55. The summed E-state index contributed by atoms with van der Waals surface area (Å²) in [5.74, 6) is -1.79. The van der Waals surface area contributed by atoms with Gasteiger partial charge in [0.2, 0.25) is 0 Å². The van der Waals surface area contributed by atoms with Crippen LogP contribution in [0.4, 0.5) is 0 Å². The highest BCUT2D eigenvalue weighted by Gasteiger charge is 2.46. The Bertz CT molecular complexity index is 493. The van der Waals surface area contributed by atoms with Crippen molar-refractivity contribution in [2.24, 2.45) is 0 Å². The highest BCUT2D eigenvalue weighted by atomic mass is 32.2. The van der Waals surface area contributed by atoms with E-state index >= 15 is 0 Å². The van der Waals surface area contributed by atoms with Gasteiger partial charge in [-0.3, -0.25) is 24.4 Å². The van der Waals surface area contributed by atoms with Crippen LogP contribution in [0.1, 0.15) is 0 Å². The molecule has 1 amide bonds. The molecule has 2 rings (SSSR count). The number of thioether (sulfide) groups is 1. The van der Waals surface area contributed by atoms with E-state index < -0.39 is 30.2 Å². The maximum atomic E-state index is 12.2. The fourth-order valence-electron chi connectivity index (χ4n) is 1.98. The molecule has 2 aliphatic rings. The third-order valence-electron chi connectivity index (χ3n) is 2.86. The van der Waals surface area contributed by atoms with E-state index in [9.17, 15) is 19.6 Å². The lowest BCUT2D eigenvalue weighted by atomic mass is 10.0. The number of carbonyl (C=O) groups is 3. The zero-order valence-electron chi connectivity index (χ0n) is 10.5. The van der Waals surface area contributed by atoms with Crippen molar-refractivity contribution in [2.75, 3.05) is 25.2 Å². The highest BCUT2D eigenvalue weighted by molar-refractivity contribution is 8.00. The quantitative estimate of drug-likeness (QED) is 0.539. The van der Waals surface area contributed by atoms with Gasteiger partial charge in [0.15, 0.2) is 11.8 Å². The van der Waals surface area contributed by atoms with Crippen LogP contribution in [0.5, 0.6) is 0 Å². The summed E-state index contributed by atoms with van der Waals surface area (Å²) >= 11 is 1.46. The Balaban J connectivity index is 2.23. The van der Waals surface area contributed by atoms with Gasteiger partial charge in [-0.05, 0) is 0 Å². The van der Waals surface area contributed by atoms with Gasteiger partial charge < -0.3 is 10.4 Å². The molecule has 0 saturated carbocycles. The number of rotatable bonds is 4. The monoisotopic (exact) mass is 303 g/mol. The summed E-state index contributed by atoms with van der Waals surface area (Å²) in [6.07, 6.45) is 0. The van der Waals surface area contributed by atoms with E-state index in [0.717, 1.165) is 5.17 Å². The first-order chi connectivity index (χ1) is 9.47. The van der Waals surface area contributed by atoms with Crippen molar-refractivity contribution < 1.29 is 29.5 Å². The molecule has 20 heavy (non-hydrogen) atoms. The molecule has 0 fully saturated rings. The minimum Gasteiger partial charge on any atom is -0.480 e. The Labute approximate surface area is 118 Å². The van der Waals surface area contributed by atoms with E-state index in [0.29, 0.717) is 27.9 Å². The lowest BCUT2D eigenvalue weighted by molar-refractivity contribution is -0.369. The Kier molecular flexibility index (Phi) is 4.28. The third kappa shape index (κ3) is 2.50. The second-order valence-electron chi connectivity index (χ2n) is 4.07. The van der Waals surface area contributed by atoms with Gasteiger partial charge in [-0.25, -0.2) is 0 Å². The van der Waals surface area contributed by atoms with Crippen molar-refractivity contribution >= 4 is 29.4 Å². The predicted octanol–water partition coefficient (Wildman–Crippen LogP) is -1.39. The number of carbonyl (C=O) groups excluding carboxylic acids is 2. The van der Waals surface area contributed by atoms with E-state index in [1.165, 1.54) is 18.9 Å². The lowest BCUT2D eigenvalue weighted by Crippen LogP contribution is -2.60. The average Bonchev–Trinajstić information content (AvgIpc) is 2.86. The molecule has 0 aliphatic carbocycles. The van der Waals surface area contributed by atoms with Crippen molar-refractivity contribution in [3.63, 3.8) is 0 Å². The van der Waals surface area contributed by atoms with Crippen LogP contribution in [0.15, 0.2) is 11.3 Å². The molecule has 0 radical (unpaired) electrons. The number of aliphatic carboxylic acids is 1. The number of amides is 1. The third-order valence-corrected chi connectivity index (χ3v) is 3.83. The van der Waals surface area contributed by atoms with Gasteiger partial charge >= 0.3 is 5.97 Å². The van der Waals surface area contributed by atoms with Crippen molar-refractivity contribution in [3.05, 3.63) is 11.3 Å². The fraction of sp³-hybridized carbons (Fsp3) is 0.500. The van der Waals surface area contributed by atoms with Crippen LogP contribution in [0, 0.1) is 0 Å². The normalized spacial score (nSPS) is 23.0. The number of hydrogen-bond acceptors (Lipinski definition) is 8. The molecule has 0 spiro atoms. The molecule has 0 aromatic heterocycles. The molecule has 1 atom stereocenters. The number of nitrogens with zero attached hydrogens (tertiary/aromatic N) is 2. The molecular formula is C10H13N3O6S. The second-order valence-corrected chi connectivity index (χ2v) is 5.06. The first kappa shape index (κ1) is 14.8. The summed E-state index contributed by atoms with van der Waals surface area (Å²) in [7, 11) is 1.29. The largest absolute Gasteiger partial charge is 0.480 e. The number of hydroxylamine groups is 2. The number of ketones is 1. The SMILES string of the molecule is CON1C2=C(CSC2)C(=O)C(C(=O)NCC(=O)O)N1O. The number of carboxylic acids is 1. The molecule has 1 unspecified atom stereocenters. The van der Waals surface area contributed by atoms with E-state index in [-0.39, 0.29) is 0 Å². The topological polar surface area (TPSA) is 119 Å². The van der Waals surface area contributed by atoms with Crippen molar-refractivity contribution in [3.8, 4) is 0 Å². The van der Waals surface area contributed by atoms with E-state index in [1.807, 2.05) is 0 Å². The van der Waals surface area contributed by atoms with E-state index in [1.54, 1.807) is 0 Å². The van der Waals surface area contributed by atoms with Crippen LogP contribution in [0.3, 0.4) is 0 Å². The molecule has 10 heteroatoms. The summed E-state index contributed by atoms with van der Waals surface area (Å²) in [6.45, 7) is -0.635. The Morgan fingerprint density at radius 1 is 1.50 bits per heavy atom. The Morgan fingerprint density at radius 2 is 2.20 bits per heavy atom. The fourth-order valence-corrected chi connectivity index (χ4v) is 3.07. The van der Waals surface area contributed by atoms with Crippen molar-refractivity contribution in [1.29, 1.82) is 0 Å². The van der Waals surface area contributed by atoms with Crippen LogP contribution in [0.25, 0.3) is 0 Å². The zero-order valence-corrected chi connectivity index (χ0v) is 11.3. The minimum atomic E-state index is -1.55. The van der Waals surface area contributed by atoms with Gasteiger partial charge in [0.25, 0.3) is 5.91 Å². The maximum absolute atomic E-state index is 12.2. The highest BCUT2D eigenvalue weighted by Crippen LogP contribution is 2.34. The number of nitrogens with one attached hydrogen (secondary N) is 1. The van der Waals surface area contributed by atoms with E-state index in [2.05, 4.69) is 5.32 Å². The van der Waals surface area contributed by atoms with Crippen LogP contribution in [-0.4, -0.2) is 69.5 Å². The van der Waals surface area contributed by atoms with Crippen molar-refractivity contribution in [1.82, 2.24) is 15.7 Å². The Hall–Kier alpha value is -1.62. The minimum absolute atomic E-state index is 0.379. The molecule has 9 nitrogen and oxygen atoms in total. The predicted molar refractivity (Wildman–Crippen MR) is 66.3 cm³/mol. The summed E-state index contributed by atoms with van der Waals surface area (Å²) in [4.78, 5) is 39.5. The molecule has 2 aliphatic heterocycles. The van der Waals surface area contributed by atoms with Gasteiger partial charge in [-0.15, -0.1) is 0 Å². The number of Topliss-reactive ketones (excluding diaryl/α,β-unsaturated/α-hetero) is 1. The maximum Gasteiger partial charge on any atom is 0.322 e. The number of hydrogen-bond donors (Lipinski definition) is 3. The molecular weight excluding hydrogens is 290 g/mol. The second kappa shape index (κ2) is 5.79. The van der Waals surface area contributed by atoms with Crippen LogP contribution >= 0.6 is 11.8 Å². The average molecular weight is 303 g/mol. The van der Waals surface area contributed by atoms with Gasteiger partial charge in [-0.1, -0.05) is 5.17 Å². The summed E-state index contributed by atoms with van der Waals surface area (Å²) in [5.41, 5.74) is 0.893. The first-order valence-electron chi connectivity index (χ1n) is 5.63. The van der Waals surface area contributed by atoms with Crippen LogP contribution in [0.2, 0.25) is 0 Å². The molecule has 0 saturated heterocycles. The van der Waals surface area contributed by atoms with Crippen LogP contribution < -0.4 is 5.32 Å². The van der Waals surface area contributed by atoms with Gasteiger partial charge in [0, 0.05) is 17.1 Å². The molecule has 3 N–H and O–H groups in total. The van der Waals surface area contributed by atoms with Crippen LogP contribution in [-0.2, 0) is 19.2 Å². The smallest absolute Gasteiger partial charge is 0.322 e. The molecule has 110 valence electrons. The molecule has 0 aromatic rings. The van der Waals surface area contributed by atoms with Gasteiger partial charge in [-0.2, -0.15) is 16.9 Å². The lowest BCUT2D eigenvalue weighted by Gasteiger charge is -2.37. The molecule has 0 bridgehead atoms. The standard InChI is InChI=1S/C10H13N3O6S/c1-19-13-6-4-20-3-5(6)9(16)8(12(13)18)10(17)11-2-7(14)15/h8,18H,2-4H2,1H3,(H,11,17)(H,14,15). The van der Waals surface area contributed by atoms with Gasteiger partial charge in [0.1, 0.15) is 6.54 Å². The Morgan fingerprint density at radius 3 is 2.80 bits per heavy atom. The number of carboxylic acid groups (broad SMARTS) is 1. The van der Waals surface area contributed by atoms with Gasteiger partial charge in [0.05, 0.1) is 12.8 Å². The number of hydrazine groups is 1. The zero-order chi connectivity index (χ0) is 14.9. The van der Waals surface area contributed by atoms with Crippen molar-refractivity contribution in [2.45, 2.75) is 6.04 Å². The molecule has 0 aromatic carbocycles.